The second-order valence-corrected chi connectivity index (χ2v) is 11.1. The molecule has 0 aliphatic heterocycles. The number of aryl methyl sites for hydroxylation is 1. The topological polar surface area (TPSA) is 199 Å². The van der Waals surface area contributed by atoms with Crippen molar-refractivity contribution in [3.05, 3.63) is 53.3 Å². The van der Waals surface area contributed by atoms with E-state index in [2.05, 4.69) is 39.1 Å². The molecule has 0 fully saturated rings. The van der Waals surface area contributed by atoms with Crippen molar-refractivity contribution >= 4 is 67.2 Å². The molecule has 36 heavy (non-hydrogen) atoms. The molecule has 0 aliphatic carbocycles. The summed E-state index contributed by atoms with van der Waals surface area (Å²) in [5, 5.41) is 17.5. The molecule has 0 radical (unpaired) electrons. The van der Waals surface area contributed by atoms with Gasteiger partial charge in [-0.3, -0.25) is 4.55 Å². The average Bonchev–Trinajstić information content (AvgIpc) is 2.77. The molecule has 3 aromatic rings. The summed E-state index contributed by atoms with van der Waals surface area (Å²) >= 11 is 6.83. The van der Waals surface area contributed by atoms with E-state index >= 15 is 0 Å². The summed E-state index contributed by atoms with van der Waals surface area (Å²) < 4.78 is 63.3. The number of benzene rings is 2. The summed E-state index contributed by atoms with van der Waals surface area (Å²) in [6, 6.07) is 10.8. The van der Waals surface area contributed by atoms with Gasteiger partial charge >= 0.3 is 10.4 Å². The van der Waals surface area contributed by atoms with Crippen LogP contribution in [0.1, 0.15) is 5.56 Å². The van der Waals surface area contributed by atoms with Gasteiger partial charge in [-0.1, -0.05) is 11.1 Å². The first-order chi connectivity index (χ1) is 16.9. The van der Waals surface area contributed by atoms with E-state index in [0.717, 1.165) is 17.6 Å². The summed E-state index contributed by atoms with van der Waals surface area (Å²) in [5.74, 6) is -0.574. The van der Waals surface area contributed by atoms with Crippen molar-refractivity contribution in [3.63, 3.8) is 0 Å². The van der Waals surface area contributed by atoms with Crippen LogP contribution in [0.3, 0.4) is 0 Å². The van der Waals surface area contributed by atoms with Crippen LogP contribution in [0.4, 0.5) is 23.3 Å². The number of aromatic nitrogens is 3. The van der Waals surface area contributed by atoms with Crippen LogP contribution in [0, 0.1) is 6.92 Å². The SMILES string of the molecule is Cc1cc(Nc2nc(Cl)nc(Nc3cccc(S(=O)(=O)CCOS(=O)(=O)O)c3)n2)ccc1SOOO. The van der Waals surface area contributed by atoms with Crippen molar-refractivity contribution in [2.45, 2.75) is 16.7 Å². The second kappa shape index (κ2) is 12.1. The summed E-state index contributed by atoms with van der Waals surface area (Å²) in [4.78, 5) is 12.8. The van der Waals surface area contributed by atoms with Crippen LogP contribution < -0.4 is 10.6 Å². The molecule has 14 nitrogen and oxygen atoms in total. The van der Waals surface area contributed by atoms with Crippen molar-refractivity contribution in [3.8, 4) is 0 Å². The number of hydrogen-bond acceptors (Lipinski definition) is 14. The van der Waals surface area contributed by atoms with Gasteiger partial charge in [0.1, 0.15) is 0 Å². The lowest BCUT2D eigenvalue weighted by Gasteiger charge is -2.11. The molecule has 1 heterocycles. The van der Waals surface area contributed by atoms with Gasteiger partial charge < -0.3 is 10.6 Å². The molecule has 194 valence electrons. The summed E-state index contributed by atoms with van der Waals surface area (Å²) in [5.41, 5.74) is 1.69. The highest BCUT2D eigenvalue weighted by atomic mass is 35.5. The molecule has 4 N–H and O–H groups in total. The highest BCUT2D eigenvalue weighted by Gasteiger charge is 2.17. The molecule has 3 rings (SSSR count). The molecule has 2 aromatic carbocycles. The largest absolute Gasteiger partial charge is 0.397 e. The number of nitrogens with one attached hydrogen (secondary N) is 2. The van der Waals surface area contributed by atoms with Crippen LogP contribution in [0.25, 0.3) is 0 Å². The Morgan fingerprint density at radius 1 is 1.00 bits per heavy atom. The van der Waals surface area contributed by atoms with Crippen LogP contribution in [0.15, 0.2) is 52.3 Å². The maximum absolute atomic E-state index is 12.5. The molecule has 0 spiro atoms. The number of anilines is 4. The highest BCUT2D eigenvalue weighted by molar-refractivity contribution is 7.94. The van der Waals surface area contributed by atoms with E-state index in [-0.39, 0.29) is 22.1 Å². The smallest absolute Gasteiger partial charge is 0.324 e. The zero-order valence-electron chi connectivity index (χ0n) is 18.2. The molecule has 0 bridgehead atoms. The third kappa shape index (κ3) is 8.50. The van der Waals surface area contributed by atoms with E-state index < -0.39 is 32.6 Å². The summed E-state index contributed by atoms with van der Waals surface area (Å²) in [7, 11) is -8.69. The van der Waals surface area contributed by atoms with Crippen molar-refractivity contribution in [1.29, 1.82) is 0 Å². The van der Waals surface area contributed by atoms with E-state index in [1.54, 1.807) is 31.2 Å². The summed E-state index contributed by atoms with van der Waals surface area (Å²) in [6.45, 7) is 1.05. The van der Waals surface area contributed by atoms with E-state index in [1.807, 2.05) is 0 Å². The van der Waals surface area contributed by atoms with Crippen LogP contribution >= 0.6 is 23.6 Å². The lowest BCUT2D eigenvalue weighted by Crippen LogP contribution is -2.15. The van der Waals surface area contributed by atoms with E-state index in [4.69, 9.17) is 21.4 Å². The maximum Gasteiger partial charge on any atom is 0.397 e. The lowest BCUT2D eigenvalue weighted by atomic mass is 10.2. The zero-order chi connectivity index (χ0) is 26.3. The van der Waals surface area contributed by atoms with Crippen molar-refractivity contribution in [2.24, 2.45) is 0 Å². The first kappa shape index (κ1) is 28.0. The number of hydrogen-bond donors (Lipinski definition) is 4. The van der Waals surface area contributed by atoms with E-state index in [0.29, 0.717) is 16.3 Å². The van der Waals surface area contributed by atoms with Crippen molar-refractivity contribution in [1.82, 2.24) is 15.0 Å². The molecule has 0 amide bonds. The quantitative estimate of drug-likeness (QED) is 0.105. The minimum Gasteiger partial charge on any atom is -0.324 e. The normalized spacial score (nSPS) is 11.9. The Morgan fingerprint density at radius 3 is 2.28 bits per heavy atom. The van der Waals surface area contributed by atoms with Crippen LogP contribution in [0.2, 0.25) is 5.28 Å². The zero-order valence-corrected chi connectivity index (χ0v) is 21.4. The molecule has 0 atom stereocenters. The first-order valence-electron chi connectivity index (χ1n) is 9.61. The predicted octanol–water partition coefficient (Wildman–Crippen LogP) is 3.34. The Hall–Kier alpha value is -2.61. The Kier molecular flexibility index (Phi) is 9.39. The molecule has 0 aliphatic rings. The van der Waals surface area contributed by atoms with Gasteiger partial charge in [-0.25, -0.2) is 17.9 Å². The predicted molar refractivity (Wildman–Crippen MR) is 129 cm³/mol. The maximum atomic E-state index is 12.5. The molecule has 18 heteroatoms. The van der Waals surface area contributed by atoms with Gasteiger partial charge in [-0.15, -0.1) is 4.33 Å². The standard InChI is InChI=1S/C18H18ClN5O9S3/c1-11-9-13(5-6-15(11)34-33-32-25)21-18-23-16(19)22-17(24-18)20-12-3-2-4-14(10-12)35(26,27)8-7-31-36(28,29)30/h2-6,9-10,25H,7-8H2,1H3,(H,28,29,30)(H2,20,21,22,23,24). The molecule has 1 aromatic heterocycles. The van der Waals surface area contributed by atoms with Crippen LogP contribution in [-0.2, 0) is 33.8 Å². The lowest BCUT2D eigenvalue weighted by molar-refractivity contribution is -0.432. The second-order valence-electron chi connectivity index (χ2n) is 6.80. The Morgan fingerprint density at radius 2 is 1.67 bits per heavy atom. The third-order valence-electron chi connectivity index (χ3n) is 4.23. The number of nitrogens with zero attached hydrogens (tertiary/aromatic N) is 3. The Bertz CT molecular complexity index is 1440. The monoisotopic (exact) mass is 579 g/mol. The van der Waals surface area contributed by atoms with E-state index in [1.165, 1.54) is 18.2 Å². The Labute approximate surface area is 214 Å². The average molecular weight is 580 g/mol. The van der Waals surface area contributed by atoms with Gasteiger partial charge in [0.15, 0.2) is 9.84 Å². The van der Waals surface area contributed by atoms with Gasteiger partial charge in [0, 0.05) is 16.3 Å². The van der Waals surface area contributed by atoms with Gasteiger partial charge in [-0.05, 0) is 60.5 Å². The van der Waals surface area contributed by atoms with Crippen LogP contribution in [-0.4, -0.2) is 54.0 Å². The van der Waals surface area contributed by atoms with E-state index in [9.17, 15) is 16.8 Å². The Balaban J connectivity index is 1.74. The number of sulfone groups is 1. The third-order valence-corrected chi connectivity index (χ3v) is 7.30. The molecule has 0 saturated heterocycles. The first-order valence-corrected chi connectivity index (χ1v) is 13.7. The van der Waals surface area contributed by atoms with Gasteiger partial charge in [0.25, 0.3) is 0 Å². The minimum atomic E-state index is -4.76. The fourth-order valence-electron chi connectivity index (χ4n) is 2.73. The van der Waals surface area contributed by atoms with Gasteiger partial charge in [0.2, 0.25) is 17.2 Å². The summed E-state index contributed by atoms with van der Waals surface area (Å²) in [6.07, 6.45) is 0. The van der Waals surface area contributed by atoms with Crippen molar-refractivity contribution in [2.75, 3.05) is 23.0 Å². The number of rotatable bonds is 12. The van der Waals surface area contributed by atoms with Crippen molar-refractivity contribution < 1.29 is 40.2 Å². The molecular formula is C18H18ClN5O9S3. The van der Waals surface area contributed by atoms with Crippen LogP contribution in [0.5, 0.6) is 0 Å². The van der Waals surface area contributed by atoms with Gasteiger partial charge in [-0.2, -0.15) is 23.4 Å². The fraction of sp³-hybridized carbons (Fsp3) is 0.167. The molecular weight excluding hydrogens is 562 g/mol. The molecule has 0 unspecified atom stereocenters. The highest BCUT2D eigenvalue weighted by Crippen LogP contribution is 2.27. The number of halogens is 1. The molecule has 0 saturated carbocycles. The van der Waals surface area contributed by atoms with Gasteiger partial charge in [0.05, 0.1) is 29.3 Å². The minimum absolute atomic E-state index is 0.0131. The fourth-order valence-corrected chi connectivity index (χ4v) is 4.83.